The molecule has 0 spiro atoms. The number of aromatic nitrogens is 1. The van der Waals surface area contributed by atoms with Crippen molar-refractivity contribution in [3.05, 3.63) is 62.5 Å². The Bertz CT molecular complexity index is 540. The molecule has 5 heteroatoms. The molecule has 1 unspecified atom stereocenters. The fourth-order valence-electron chi connectivity index (χ4n) is 1.79. The van der Waals surface area contributed by atoms with Gasteiger partial charge in [-0.1, -0.05) is 22.0 Å². The lowest BCUT2D eigenvalue weighted by molar-refractivity contribution is 0.577. The average molecular weight is 374 g/mol. The van der Waals surface area contributed by atoms with Gasteiger partial charge in [0.15, 0.2) is 0 Å². The van der Waals surface area contributed by atoms with E-state index in [1.165, 1.54) is 6.07 Å². The quantitative estimate of drug-likeness (QED) is 0.883. The second-order valence-electron chi connectivity index (χ2n) is 3.96. The highest BCUT2D eigenvalue weighted by Crippen LogP contribution is 2.27. The minimum absolute atomic E-state index is 0.292. The number of hydrogen-bond acceptors (Lipinski definition) is 2. The normalized spacial score (nSPS) is 12.4. The van der Waals surface area contributed by atoms with Crippen LogP contribution >= 0.6 is 31.9 Å². The Balaban J connectivity index is 2.25. The molecule has 0 saturated carbocycles. The number of halogens is 3. The molecule has 1 heterocycles. The van der Waals surface area contributed by atoms with Crippen molar-refractivity contribution < 1.29 is 4.39 Å². The summed E-state index contributed by atoms with van der Waals surface area (Å²) in [5.41, 5.74) is 7.53. The van der Waals surface area contributed by atoms with Crippen LogP contribution in [0.3, 0.4) is 0 Å². The summed E-state index contributed by atoms with van der Waals surface area (Å²) in [6.45, 7) is 0. The molecular formula is C13H11Br2FN2. The molecule has 0 saturated heterocycles. The minimum atomic E-state index is -0.406. The first kappa shape index (κ1) is 13.6. The standard InChI is InChI=1S/C13H11Br2FN2/c14-9-4-8(6-18-7-9)5-12(17)13-10(15)2-1-3-11(13)16/h1-4,6-7,12H,5,17H2. The summed E-state index contributed by atoms with van der Waals surface area (Å²) in [5.74, 6) is -0.292. The molecule has 94 valence electrons. The number of nitrogens with zero attached hydrogens (tertiary/aromatic N) is 1. The largest absolute Gasteiger partial charge is 0.324 e. The van der Waals surface area contributed by atoms with E-state index in [2.05, 4.69) is 36.8 Å². The monoisotopic (exact) mass is 372 g/mol. The van der Waals surface area contributed by atoms with Crippen LogP contribution in [0.5, 0.6) is 0 Å². The van der Waals surface area contributed by atoms with E-state index in [0.29, 0.717) is 16.5 Å². The van der Waals surface area contributed by atoms with Crippen LogP contribution in [-0.2, 0) is 6.42 Å². The molecule has 0 aliphatic rings. The zero-order valence-corrected chi connectivity index (χ0v) is 12.6. The lowest BCUT2D eigenvalue weighted by Gasteiger charge is -2.14. The molecule has 2 rings (SSSR count). The van der Waals surface area contributed by atoms with Gasteiger partial charge in [0.2, 0.25) is 0 Å². The summed E-state index contributed by atoms with van der Waals surface area (Å²) < 4.78 is 15.3. The highest BCUT2D eigenvalue weighted by Gasteiger charge is 2.15. The van der Waals surface area contributed by atoms with Crippen LogP contribution in [0.4, 0.5) is 4.39 Å². The van der Waals surface area contributed by atoms with Gasteiger partial charge < -0.3 is 5.73 Å². The van der Waals surface area contributed by atoms with Gasteiger partial charge in [-0.15, -0.1) is 0 Å². The van der Waals surface area contributed by atoms with E-state index < -0.39 is 6.04 Å². The molecule has 0 aliphatic heterocycles. The molecular weight excluding hydrogens is 363 g/mol. The summed E-state index contributed by atoms with van der Waals surface area (Å²) in [4.78, 5) is 4.07. The van der Waals surface area contributed by atoms with Crippen LogP contribution < -0.4 is 5.73 Å². The molecule has 2 nitrogen and oxygen atoms in total. The van der Waals surface area contributed by atoms with Crippen LogP contribution in [0, 0.1) is 5.82 Å². The van der Waals surface area contributed by atoms with Gasteiger partial charge in [-0.2, -0.15) is 0 Å². The van der Waals surface area contributed by atoms with E-state index in [0.717, 1.165) is 10.0 Å². The number of pyridine rings is 1. The number of rotatable bonds is 3. The Hall–Kier alpha value is -0.780. The second-order valence-corrected chi connectivity index (χ2v) is 5.73. The van der Waals surface area contributed by atoms with Crippen LogP contribution in [0.2, 0.25) is 0 Å². The molecule has 1 aromatic carbocycles. The van der Waals surface area contributed by atoms with Gasteiger partial charge in [0, 0.05) is 32.9 Å². The van der Waals surface area contributed by atoms with Crippen molar-refractivity contribution >= 4 is 31.9 Å². The third-order valence-electron chi connectivity index (χ3n) is 2.59. The Labute approximate surface area is 122 Å². The van der Waals surface area contributed by atoms with Gasteiger partial charge in [0.05, 0.1) is 0 Å². The lowest BCUT2D eigenvalue weighted by Crippen LogP contribution is -2.15. The molecule has 0 bridgehead atoms. The van der Waals surface area contributed by atoms with Crippen molar-refractivity contribution in [1.82, 2.24) is 4.98 Å². The predicted molar refractivity (Wildman–Crippen MR) is 76.7 cm³/mol. The van der Waals surface area contributed by atoms with Crippen molar-refractivity contribution in [2.75, 3.05) is 0 Å². The summed E-state index contributed by atoms with van der Waals surface area (Å²) in [6.07, 6.45) is 3.97. The maximum Gasteiger partial charge on any atom is 0.129 e. The maximum absolute atomic E-state index is 13.7. The van der Waals surface area contributed by atoms with Crippen molar-refractivity contribution in [3.8, 4) is 0 Å². The first-order chi connectivity index (χ1) is 8.58. The number of hydrogen-bond donors (Lipinski definition) is 1. The molecule has 0 aliphatic carbocycles. The Kier molecular flexibility index (Phi) is 4.48. The Morgan fingerprint density at radius 3 is 2.72 bits per heavy atom. The van der Waals surface area contributed by atoms with Crippen molar-refractivity contribution in [3.63, 3.8) is 0 Å². The molecule has 2 N–H and O–H groups in total. The topological polar surface area (TPSA) is 38.9 Å². The van der Waals surface area contributed by atoms with Crippen LogP contribution in [0.25, 0.3) is 0 Å². The SMILES string of the molecule is NC(Cc1cncc(Br)c1)c1c(F)cccc1Br. The zero-order chi connectivity index (χ0) is 13.1. The fraction of sp³-hybridized carbons (Fsp3) is 0.154. The van der Waals surface area contributed by atoms with E-state index in [4.69, 9.17) is 5.73 Å². The molecule has 1 atom stereocenters. The number of nitrogens with two attached hydrogens (primary N) is 1. The smallest absolute Gasteiger partial charge is 0.129 e. The maximum atomic E-state index is 13.7. The molecule has 0 amide bonds. The average Bonchev–Trinajstić information content (AvgIpc) is 2.28. The predicted octanol–water partition coefficient (Wildman–Crippen LogP) is 3.99. The van der Waals surface area contributed by atoms with E-state index >= 15 is 0 Å². The van der Waals surface area contributed by atoms with Crippen molar-refractivity contribution in [2.24, 2.45) is 5.73 Å². The van der Waals surface area contributed by atoms with E-state index in [9.17, 15) is 4.39 Å². The Morgan fingerprint density at radius 2 is 2.06 bits per heavy atom. The summed E-state index contributed by atoms with van der Waals surface area (Å²) >= 11 is 6.68. The summed E-state index contributed by atoms with van der Waals surface area (Å²) in [5, 5.41) is 0. The van der Waals surface area contributed by atoms with Gasteiger partial charge in [-0.05, 0) is 46.1 Å². The summed E-state index contributed by atoms with van der Waals surface area (Å²) in [6, 6.07) is 6.38. The van der Waals surface area contributed by atoms with Crippen LogP contribution in [0.1, 0.15) is 17.2 Å². The Morgan fingerprint density at radius 1 is 1.28 bits per heavy atom. The third kappa shape index (κ3) is 3.16. The summed E-state index contributed by atoms with van der Waals surface area (Å²) in [7, 11) is 0. The zero-order valence-electron chi connectivity index (χ0n) is 9.41. The van der Waals surface area contributed by atoms with Gasteiger partial charge >= 0.3 is 0 Å². The van der Waals surface area contributed by atoms with Crippen LogP contribution in [0.15, 0.2) is 45.6 Å². The van der Waals surface area contributed by atoms with Crippen molar-refractivity contribution in [2.45, 2.75) is 12.5 Å². The first-order valence-corrected chi connectivity index (χ1v) is 6.95. The molecule has 0 radical (unpaired) electrons. The van der Waals surface area contributed by atoms with Crippen molar-refractivity contribution in [1.29, 1.82) is 0 Å². The van der Waals surface area contributed by atoms with Gasteiger partial charge in [0.1, 0.15) is 5.82 Å². The van der Waals surface area contributed by atoms with E-state index in [-0.39, 0.29) is 5.82 Å². The van der Waals surface area contributed by atoms with Gasteiger partial charge in [-0.25, -0.2) is 4.39 Å². The molecule has 0 fully saturated rings. The van der Waals surface area contributed by atoms with Gasteiger partial charge in [-0.3, -0.25) is 4.98 Å². The molecule has 18 heavy (non-hydrogen) atoms. The molecule has 2 aromatic rings. The minimum Gasteiger partial charge on any atom is -0.324 e. The number of benzene rings is 1. The van der Waals surface area contributed by atoms with E-state index in [1.807, 2.05) is 6.07 Å². The van der Waals surface area contributed by atoms with E-state index in [1.54, 1.807) is 24.5 Å². The molecule has 1 aromatic heterocycles. The highest BCUT2D eigenvalue weighted by atomic mass is 79.9. The van der Waals surface area contributed by atoms with Crippen LogP contribution in [-0.4, -0.2) is 4.98 Å². The lowest BCUT2D eigenvalue weighted by atomic mass is 10.0. The highest BCUT2D eigenvalue weighted by molar-refractivity contribution is 9.10. The third-order valence-corrected chi connectivity index (χ3v) is 3.71. The first-order valence-electron chi connectivity index (χ1n) is 5.37. The fourth-order valence-corrected chi connectivity index (χ4v) is 2.84. The second kappa shape index (κ2) is 5.91. The van der Waals surface area contributed by atoms with Gasteiger partial charge in [0.25, 0.3) is 0 Å².